The second-order valence-corrected chi connectivity index (χ2v) is 3.38. The Morgan fingerprint density at radius 2 is 2.17 bits per heavy atom. The van der Waals surface area contributed by atoms with Crippen LogP contribution in [0.4, 0.5) is 15.8 Å². The van der Waals surface area contributed by atoms with Crippen LogP contribution in [0, 0.1) is 5.82 Å². The maximum Gasteiger partial charge on any atom is 0.167 e. The maximum absolute atomic E-state index is 13.1. The predicted molar refractivity (Wildman–Crippen MR) is 69.4 cm³/mol. The van der Waals surface area contributed by atoms with Crippen molar-refractivity contribution in [2.24, 2.45) is 15.3 Å². The van der Waals surface area contributed by atoms with E-state index in [-0.39, 0.29) is 12.0 Å². The van der Waals surface area contributed by atoms with Gasteiger partial charge in [0.1, 0.15) is 5.82 Å². The van der Waals surface area contributed by atoms with Gasteiger partial charge >= 0.3 is 0 Å². The zero-order valence-electron chi connectivity index (χ0n) is 10.5. The van der Waals surface area contributed by atoms with E-state index in [1.54, 1.807) is 20.0 Å². The highest BCUT2D eigenvalue weighted by atomic mass is 19.1. The van der Waals surface area contributed by atoms with Crippen LogP contribution in [0.2, 0.25) is 0 Å². The average molecular weight is 253 g/mol. The number of rotatable bonds is 6. The van der Waals surface area contributed by atoms with Crippen molar-refractivity contribution in [3.8, 4) is 0 Å². The zero-order valence-corrected chi connectivity index (χ0v) is 10.5. The lowest BCUT2D eigenvalue weighted by Crippen LogP contribution is -2.02. The summed E-state index contributed by atoms with van der Waals surface area (Å²) in [4.78, 5) is 3.78. The summed E-state index contributed by atoms with van der Waals surface area (Å²) in [5.41, 5.74) is 3.75. The topological polar surface area (TPSA) is 70.4 Å². The van der Waals surface area contributed by atoms with Gasteiger partial charge in [-0.2, -0.15) is 0 Å². The van der Waals surface area contributed by atoms with Gasteiger partial charge in [-0.25, -0.2) is 4.39 Å². The molecule has 0 bridgehead atoms. The third kappa shape index (κ3) is 4.46. The smallest absolute Gasteiger partial charge is 0.167 e. The highest BCUT2D eigenvalue weighted by molar-refractivity contribution is 5.82. The summed E-state index contributed by atoms with van der Waals surface area (Å²) in [5.74, 6) is -0.369. The molecule has 0 aliphatic heterocycles. The number of nitrogens with zero attached hydrogens (tertiary/aromatic N) is 3. The van der Waals surface area contributed by atoms with Crippen molar-refractivity contribution < 1.29 is 9.13 Å². The van der Waals surface area contributed by atoms with Crippen LogP contribution in [0.1, 0.15) is 6.92 Å². The molecule has 7 heteroatoms. The van der Waals surface area contributed by atoms with E-state index in [4.69, 9.17) is 4.74 Å². The van der Waals surface area contributed by atoms with Crippen LogP contribution < -0.4 is 10.7 Å². The number of hydrogen-bond acceptors (Lipinski definition) is 4. The van der Waals surface area contributed by atoms with Crippen molar-refractivity contribution >= 4 is 17.7 Å². The lowest BCUT2D eigenvalue weighted by Gasteiger charge is -2.08. The molecule has 6 nitrogen and oxygen atoms in total. The molecule has 0 amide bonds. The second kappa shape index (κ2) is 7.33. The van der Waals surface area contributed by atoms with E-state index >= 15 is 0 Å². The number of hydrogen-bond donors (Lipinski definition) is 2. The molecule has 1 aromatic carbocycles. The van der Waals surface area contributed by atoms with Gasteiger partial charge in [0.15, 0.2) is 6.23 Å². The molecular weight excluding hydrogens is 237 g/mol. The molecule has 0 aliphatic carbocycles. The first-order valence-corrected chi connectivity index (χ1v) is 5.32. The zero-order chi connectivity index (χ0) is 13.4. The molecule has 0 radical (unpaired) electrons. The fraction of sp³-hybridized carbons (Fsp3) is 0.364. The Balaban J connectivity index is 2.78. The first-order valence-electron chi connectivity index (χ1n) is 5.32. The summed E-state index contributed by atoms with van der Waals surface area (Å²) in [6.45, 7) is 1.74. The third-order valence-electron chi connectivity index (χ3n) is 2.06. The van der Waals surface area contributed by atoms with Crippen molar-refractivity contribution in [1.29, 1.82) is 0 Å². The summed E-state index contributed by atoms with van der Waals surface area (Å²) in [6.07, 6.45) is 1.13. The number of benzene rings is 1. The molecule has 0 heterocycles. The van der Waals surface area contributed by atoms with Gasteiger partial charge in [-0.1, -0.05) is 5.22 Å². The second-order valence-electron chi connectivity index (χ2n) is 3.38. The lowest BCUT2D eigenvalue weighted by molar-refractivity contribution is 0.120. The standard InChI is InChI=1S/C11H16FN5O/c1-8(18-3)15-17-16-11-6-9(12)4-5-10(11)14-7-13-2/h4-8H,1-3H3,(H,13,14)(H,15,16). The molecular formula is C11H16FN5O. The Bertz CT molecular complexity index is 435. The minimum Gasteiger partial charge on any atom is -0.358 e. The largest absolute Gasteiger partial charge is 0.358 e. The Kier molecular flexibility index (Phi) is 5.72. The summed E-state index contributed by atoms with van der Waals surface area (Å²) in [7, 11) is 3.15. The SMILES string of the molecule is C/N=C\Nc1ccc(F)cc1N/N=N\C(C)OC. The van der Waals surface area contributed by atoms with Crippen LogP contribution in [0.5, 0.6) is 0 Å². The molecule has 0 aliphatic rings. The Morgan fingerprint density at radius 3 is 2.83 bits per heavy atom. The van der Waals surface area contributed by atoms with Crippen molar-refractivity contribution in [3.05, 3.63) is 24.0 Å². The number of aliphatic imine (C=N–C) groups is 1. The van der Waals surface area contributed by atoms with E-state index in [1.165, 1.54) is 25.6 Å². The maximum atomic E-state index is 13.1. The molecule has 0 saturated heterocycles. The molecule has 0 spiro atoms. The summed E-state index contributed by atoms with van der Waals surface area (Å²) < 4.78 is 18.0. The van der Waals surface area contributed by atoms with Gasteiger partial charge in [-0.05, 0) is 19.1 Å². The Hall–Kier alpha value is -2.02. The van der Waals surface area contributed by atoms with Gasteiger partial charge in [0.25, 0.3) is 0 Å². The van der Waals surface area contributed by atoms with Gasteiger partial charge in [0.05, 0.1) is 17.7 Å². The van der Waals surface area contributed by atoms with E-state index in [0.717, 1.165) is 0 Å². The van der Waals surface area contributed by atoms with Crippen molar-refractivity contribution in [2.75, 3.05) is 24.9 Å². The minimum atomic E-state index is -0.369. The van der Waals surface area contributed by atoms with Crippen LogP contribution >= 0.6 is 0 Å². The van der Waals surface area contributed by atoms with Gasteiger partial charge < -0.3 is 10.1 Å². The number of ether oxygens (including phenoxy) is 1. The molecule has 1 aromatic rings. The van der Waals surface area contributed by atoms with Crippen molar-refractivity contribution in [1.82, 2.24) is 0 Å². The Labute approximate surface area is 105 Å². The van der Waals surface area contributed by atoms with Crippen LogP contribution in [0.25, 0.3) is 0 Å². The van der Waals surface area contributed by atoms with E-state index in [2.05, 4.69) is 26.1 Å². The highest BCUT2D eigenvalue weighted by Crippen LogP contribution is 2.22. The van der Waals surface area contributed by atoms with Crippen LogP contribution in [-0.2, 0) is 4.74 Å². The van der Waals surface area contributed by atoms with E-state index in [1.807, 2.05) is 0 Å². The third-order valence-corrected chi connectivity index (χ3v) is 2.06. The van der Waals surface area contributed by atoms with Gasteiger partial charge in [-0.3, -0.25) is 10.4 Å². The fourth-order valence-electron chi connectivity index (χ4n) is 1.08. The number of nitrogens with one attached hydrogen (secondary N) is 2. The number of methoxy groups -OCH3 is 1. The predicted octanol–water partition coefficient (Wildman–Crippen LogP) is 2.67. The molecule has 18 heavy (non-hydrogen) atoms. The lowest BCUT2D eigenvalue weighted by atomic mass is 10.2. The van der Waals surface area contributed by atoms with Crippen LogP contribution in [0.15, 0.2) is 33.5 Å². The van der Waals surface area contributed by atoms with E-state index in [0.29, 0.717) is 11.4 Å². The quantitative estimate of drug-likeness (QED) is 0.354. The molecule has 0 saturated carbocycles. The first kappa shape index (κ1) is 14.0. The molecule has 0 aromatic heterocycles. The summed E-state index contributed by atoms with van der Waals surface area (Å²) in [5, 5.41) is 10.4. The van der Waals surface area contributed by atoms with Crippen LogP contribution in [0.3, 0.4) is 0 Å². The van der Waals surface area contributed by atoms with Crippen LogP contribution in [-0.4, -0.2) is 26.7 Å². The first-order chi connectivity index (χ1) is 8.67. The minimum absolute atomic E-state index is 0.361. The molecule has 1 unspecified atom stereocenters. The number of halogens is 1. The van der Waals surface area contributed by atoms with E-state index < -0.39 is 0 Å². The summed E-state index contributed by atoms with van der Waals surface area (Å²) in [6, 6.07) is 4.23. The molecule has 98 valence electrons. The van der Waals surface area contributed by atoms with Crippen molar-refractivity contribution in [3.63, 3.8) is 0 Å². The normalized spacial score (nSPS) is 13.1. The Morgan fingerprint density at radius 1 is 1.39 bits per heavy atom. The monoisotopic (exact) mass is 253 g/mol. The molecule has 1 rings (SSSR count). The van der Waals surface area contributed by atoms with Gasteiger partial charge in [0.2, 0.25) is 0 Å². The summed E-state index contributed by atoms with van der Waals surface area (Å²) >= 11 is 0. The molecule has 2 N–H and O–H groups in total. The fourth-order valence-corrected chi connectivity index (χ4v) is 1.08. The highest BCUT2D eigenvalue weighted by Gasteiger charge is 2.02. The van der Waals surface area contributed by atoms with E-state index in [9.17, 15) is 4.39 Å². The molecule has 0 fully saturated rings. The van der Waals surface area contributed by atoms with Gasteiger partial charge in [-0.15, -0.1) is 5.11 Å². The van der Waals surface area contributed by atoms with Gasteiger partial charge in [0, 0.05) is 20.2 Å². The average Bonchev–Trinajstić information content (AvgIpc) is 2.37. The van der Waals surface area contributed by atoms with Crippen molar-refractivity contribution in [2.45, 2.75) is 13.2 Å². The number of anilines is 2. The molecule has 1 atom stereocenters.